The number of benzene rings is 1. The van der Waals surface area contributed by atoms with Crippen LogP contribution in [-0.4, -0.2) is 66.1 Å². The van der Waals surface area contributed by atoms with Crippen LogP contribution in [0.3, 0.4) is 0 Å². The standard InChI is InChI=1S/C19H25N3O4/c1-14-16(17(21-26-14)15-6-4-3-5-7-15)18(23)20-12-19(2,24)13-22-8-10-25-11-9-22/h3-7,24H,8-13H2,1-2H3,(H,20,23). The molecule has 1 fully saturated rings. The van der Waals surface area contributed by atoms with E-state index in [-0.39, 0.29) is 12.5 Å². The molecular formula is C19H25N3O4. The summed E-state index contributed by atoms with van der Waals surface area (Å²) in [6.07, 6.45) is 0. The largest absolute Gasteiger partial charge is 0.387 e. The highest BCUT2D eigenvalue weighted by Crippen LogP contribution is 2.25. The lowest BCUT2D eigenvalue weighted by molar-refractivity contribution is -0.0213. The normalized spacial score (nSPS) is 17.7. The highest BCUT2D eigenvalue weighted by molar-refractivity contribution is 6.00. The summed E-state index contributed by atoms with van der Waals surface area (Å²) in [5.74, 6) is 0.152. The molecule has 1 aliphatic rings. The summed E-state index contributed by atoms with van der Waals surface area (Å²) in [7, 11) is 0. The molecule has 0 radical (unpaired) electrons. The van der Waals surface area contributed by atoms with E-state index in [4.69, 9.17) is 9.26 Å². The fourth-order valence-corrected chi connectivity index (χ4v) is 3.09. The van der Waals surface area contributed by atoms with E-state index in [2.05, 4.69) is 15.4 Å². The first-order valence-corrected chi connectivity index (χ1v) is 8.79. The summed E-state index contributed by atoms with van der Waals surface area (Å²) < 4.78 is 10.5. The maximum atomic E-state index is 12.7. The number of ether oxygens (including phenoxy) is 1. The van der Waals surface area contributed by atoms with Crippen LogP contribution in [0.2, 0.25) is 0 Å². The third-order valence-corrected chi connectivity index (χ3v) is 4.43. The number of aromatic nitrogens is 1. The van der Waals surface area contributed by atoms with E-state index >= 15 is 0 Å². The summed E-state index contributed by atoms with van der Waals surface area (Å²) in [5.41, 5.74) is 0.687. The van der Waals surface area contributed by atoms with E-state index in [0.717, 1.165) is 18.7 Å². The van der Waals surface area contributed by atoms with Crippen molar-refractivity contribution in [2.75, 3.05) is 39.4 Å². The summed E-state index contributed by atoms with van der Waals surface area (Å²) in [6, 6.07) is 9.42. The number of amides is 1. The molecule has 1 unspecified atom stereocenters. The topological polar surface area (TPSA) is 87.8 Å². The zero-order valence-electron chi connectivity index (χ0n) is 15.2. The van der Waals surface area contributed by atoms with Gasteiger partial charge in [-0.05, 0) is 13.8 Å². The Morgan fingerprint density at radius 2 is 2.00 bits per heavy atom. The van der Waals surface area contributed by atoms with Crippen LogP contribution < -0.4 is 5.32 Å². The van der Waals surface area contributed by atoms with Gasteiger partial charge in [0, 0.05) is 31.7 Å². The number of rotatable bonds is 6. The minimum absolute atomic E-state index is 0.141. The van der Waals surface area contributed by atoms with Crippen LogP contribution in [0.25, 0.3) is 11.3 Å². The van der Waals surface area contributed by atoms with Gasteiger partial charge in [0.15, 0.2) is 0 Å². The van der Waals surface area contributed by atoms with E-state index in [1.54, 1.807) is 13.8 Å². The molecule has 26 heavy (non-hydrogen) atoms. The van der Waals surface area contributed by atoms with Gasteiger partial charge in [0.2, 0.25) is 0 Å². The van der Waals surface area contributed by atoms with Gasteiger partial charge in [-0.25, -0.2) is 0 Å². The zero-order chi connectivity index (χ0) is 18.6. The summed E-state index contributed by atoms with van der Waals surface area (Å²) in [4.78, 5) is 14.8. The highest BCUT2D eigenvalue weighted by Gasteiger charge is 2.28. The van der Waals surface area contributed by atoms with Crippen molar-refractivity contribution in [3.05, 3.63) is 41.7 Å². The van der Waals surface area contributed by atoms with Crippen molar-refractivity contribution in [1.82, 2.24) is 15.4 Å². The molecule has 1 saturated heterocycles. The molecule has 0 bridgehead atoms. The predicted molar refractivity (Wildman–Crippen MR) is 96.9 cm³/mol. The van der Waals surface area contributed by atoms with Crippen molar-refractivity contribution in [1.29, 1.82) is 0 Å². The first-order chi connectivity index (χ1) is 12.5. The number of aliphatic hydroxyl groups is 1. The smallest absolute Gasteiger partial charge is 0.257 e. The van der Waals surface area contributed by atoms with Crippen molar-refractivity contribution in [2.24, 2.45) is 0 Å². The van der Waals surface area contributed by atoms with Gasteiger partial charge in [-0.1, -0.05) is 35.5 Å². The van der Waals surface area contributed by atoms with Gasteiger partial charge in [-0.2, -0.15) is 0 Å². The van der Waals surface area contributed by atoms with Crippen LogP contribution in [0.4, 0.5) is 0 Å². The van der Waals surface area contributed by atoms with Crippen LogP contribution in [-0.2, 0) is 4.74 Å². The number of hydrogen-bond acceptors (Lipinski definition) is 6. The molecule has 2 N–H and O–H groups in total. The first-order valence-electron chi connectivity index (χ1n) is 8.79. The fraction of sp³-hybridized carbons (Fsp3) is 0.474. The Labute approximate surface area is 152 Å². The van der Waals surface area contributed by atoms with Crippen LogP contribution in [0, 0.1) is 6.92 Å². The lowest BCUT2D eigenvalue weighted by Crippen LogP contribution is -2.51. The Kier molecular flexibility index (Phi) is 5.70. The van der Waals surface area contributed by atoms with Crippen molar-refractivity contribution in [3.8, 4) is 11.3 Å². The van der Waals surface area contributed by atoms with Crippen molar-refractivity contribution < 1.29 is 19.2 Å². The quantitative estimate of drug-likeness (QED) is 0.812. The second-order valence-corrected chi connectivity index (χ2v) is 6.90. The number of carbonyl (C=O) groups excluding carboxylic acids is 1. The van der Waals surface area contributed by atoms with Crippen LogP contribution in [0.5, 0.6) is 0 Å². The van der Waals surface area contributed by atoms with Gasteiger partial charge < -0.3 is 19.7 Å². The van der Waals surface area contributed by atoms with Crippen molar-refractivity contribution in [2.45, 2.75) is 19.4 Å². The Hall–Kier alpha value is -2.22. The van der Waals surface area contributed by atoms with Gasteiger partial charge >= 0.3 is 0 Å². The van der Waals surface area contributed by atoms with Crippen molar-refractivity contribution in [3.63, 3.8) is 0 Å². The van der Waals surface area contributed by atoms with Gasteiger partial charge in [0.1, 0.15) is 17.0 Å². The molecule has 1 atom stereocenters. The molecule has 7 heteroatoms. The van der Waals surface area contributed by atoms with Crippen LogP contribution >= 0.6 is 0 Å². The minimum Gasteiger partial charge on any atom is -0.387 e. The van der Waals surface area contributed by atoms with Gasteiger partial charge in [-0.3, -0.25) is 9.69 Å². The predicted octanol–water partition coefficient (Wildman–Crippen LogP) is 1.46. The fourth-order valence-electron chi connectivity index (χ4n) is 3.09. The summed E-state index contributed by atoms with van der Waals surface area (Å²) >= 11 is 0. The van der Waals surface area contributed by atoms with E-state index in [1.807, 2.05) is 30.3 Å². The van der Waals surface area contributed by atoms with Crippen LogP contribution in [0.1, 0.15) is 23.0 Å². The zero-order valence-corrected chi connectivity index (χ0v) is 15.2. The number of carbonyl (C=O) groups is 1. The number of nitrogens with zero attached hydrogens (tertiary/aromatic N) is 2. The van der Waals surface area contributed by atoms with Crippen molar-refractivity contribution >= 4 is 5.91 Å². The average molecular weight is 359 g/mol. The average Bonchev–Trinajstić information content (AvgIpc) is 3.03. The second kappa shape index (κ2) is 7.99. The maximum absolute atomic E-state index is 12.7. The number of morpholine rings is 1. The highest BCUT2D eigenvalue weighted by atomic mass is 16.5. The molecule has 140 valence electrons. The molecule has 1 amide bonds. The Bertz CT molecular complexity index is 736. The van der Waals surface area contributed by atoms with E-state index in [9.17, 15) is 9.90 Å². The molecule has 0 aliphatic carbocycles. The van der Waals surface area contributed by atoms with E-state index < -0.39 is 5.60 Å². The Morgan fingerprint density at radius 1 is 1.31 bits per heavy atom. The molecule has 0 spiro atoms. The van der Waals surface area contributed by atoms with Gasteiger partial charge in [0.05, 0.1) is 18.8 Å². The third kappa shape index (κ3) is 4.49. The molecule has 1 aliphatic heterocycles. The Balaban J connectivity index is 1.66. The van der Waals surface area contributed by atoms with Crippen LogP contribution in [0.15, 0.2) is 34.9 Å². The first kappa shape index (κ1) is 18.6. The minimum atomic E-state index is -1.04. The molecule has 0 saturated carbocycles. The molecular weight excluding hydrogens is 334 g/mol. The van der Waals surface area contributed by atoms with Gasteiger partial charge in [-0.15, -0.1) is 0 Å². The number of aryl methyl sites for hydroxylation is 1. The van der Waals surface area contributed by atoms with E-state index in [0.29, 0.717) is 36.8 Å². The Morgan fingerprint density at radius 3 is 2.69 bits per heavy atom. The summed E-state index contributed by atoms with van der Waals surface area (Å²) in [5, 5.41) is 17.5. The monoisotopic (exact) mass is 359 g/mol. The number of β-amino-alcohol motifs (C(OH)–C–C–N with tert-alkyl or cyclic N) is 1. The molecule has 1 aromatic carbocycles. The number of nitrogens with one attached hydrogen (secondary N) is 1. The molecule has 3 rings (SSSR count). The SMILES string of the molecule is Cc1onc(-c2ccccc2)c1C(=O)NCC(C)(O)CN1CCOCC1. The lowest BCUT2D eigenvalue weighted by Gasteiger charge is -2.33. The second-order valence-electron chi connectivity index (χ2n) is 6.90. The van der Waals surface area contributed by atoms with E-state index in [1.165, 1.54) is 0 Å². The molecule has 7 nitrogen and oxygen atoms in total. The summed E-state index contributed by atoms with van der Waals surface area (Å²) in [6.45, 7) is 6.96. The van der Waals surface area contributed by atoms with Gasteiger partial charge in [0.25, 0.3) is 5.91 Å². The molecule has 1 aromatic heterocycles. The molecule has 2 aromatic rings. The maximum Gasteiger partial charge on any atom is 0.257 e. The lowest BCUT2D eigenvalue weighted by atomic mass is 10.0. The third-order valence-electron chi connectivity index (χ3n) is 4.43. The molecule has 2 heterocycles. The number of hydrogen-bond donors (Lipinski definition) is 2.